The number of fused-ring (bicyclic) bond motifs is 2. The number of benzene rings is 1. The van der Waals surface area contributed by atoms with E-state index in [1.807, 2.05) is 13.0 Å². The second-order valence-corrected chi connectivity index (χ2v) is 10.8. The molecule has 1 aromatic carbocycles. The van der Waals surface area contributed by atoms with Crippen LogP contribution in [0.2, 0.25) is 0 Å². The van der Waals surface area contributed by atoms with Crippen molar-refractivity contribution in [3.8, 4) is 0 Å². The number of Topliss-reactive ketones (excluding diaryl/α,β-unsaturated/α-hetero) is 1. The summed E-state index contributed by atoms with van der Waals surface area (Å²) >= 11 is 0. The van der Waals surface area contributed by atoms with Gasteiger partial charge < -0.3 is 18.9 Å². The Hall–Kier alpha value is -4.18. The number of esters is 2. The van der Waals surface area contributed by atoms with Gasteiger partial charge in [0.05, 0.1) is 6.26 Å². The molecule has 1 aliphatic carbocycles. The molecule has 0 unspecified atom stereocenters. The Morgan fingerprint density at radius 1 is 1.14 bits per heavy atom. The lowest BCUT2D eigenvalue weighted by atomic mass is 9.75. The van der Waals surface area contributed by atoms with Crippen LogP contribution in [0.4, 0.5) is 13.2 Å². The molecule has 3 aliphatic rings. The number of rotatable bonds is 9. The Labute approximate surface area is 248 Å². The highest BCUT2D eigenvalue weighted by molar-refractivity contribution is 6.19. The molecule has 0 fully saturated rings. The molecule has 2 aliphatic heterocycles. The van der Waals surface area contributed by atoms with Gasteiger partial charge in [-0.3, -0.25) is 4.79 Å². The number of methoxy groups -OCH3 is 1. The molecule has 2 heterocycles. The van der Waals surface area contributed by atoms with Gasteiger partial charge in [-0.2, -0.15) is 13.2 Å². The summed E-state index contributed by atoms with van der Waals surface area (Å²) in [5.74, 6) is -2.62. The summed E-state index contributed by atoms with van der Waals surface area (Å²) in [4.78, 5) is 39.0. The molecule has 1 aromatic rings. The number of ether oxygens (including phenoxy) is 4. The minimum absolute atomic E-state index is 0.0824. The van der Waals surface area contributed by atoms with E-state index >= 15 is 0 Å². The van der Waals surface area contributed by atoms with E-state index in [1.54, 1.807) is 12.2 Å². The predicted octanol–water partition coefficient (Wildman–Crippen LogP) is 6.49. The maximum Gasteiger partial charge on any atom is 0.432 e. The molecule has 0 N–H and O–H groups in total. The number of hydrogen-bond donors (Lipinski definition) is 0. The lowest BCUT2D eigenvalue weighted by Gasteiger charge is -2.41. The summed E-state index contributed by atoms with van der Waals surface area (Å²) in [6.45, 7) is 8.66. The van der Waals surface area contributed by atoms with Crippen molar-refractivity contribution in [3.05, 3.63) is 106 Å². The number of alkyl halides is 3. The lowest BCUT2D eigenvalue weighted by molar-refractivity contribution is -0.279. The van der Waals surface area contributed by atoms with E-state index in [0.717, 1.165) is 31.2 Å². The lowest BCUT2D eigenvalue weighted by Crippen LogP contribution is -2.56. The zero-order chi connectivity index (χ0) is 31.7. The molecule has 7 nitrogen and oxygen atoms in total. The molecular formula is C33H33F3O7. The summed E-state index contributed by atoms with van der Waals surface area (Å²) < 4.78 is 65.8. The van der Waals surface area contributed by atoms with Crippen molar-refractivity contribution in [3.63, 3.8) is 0 Å². The third kappa shape index (κ3) is 5.63. The molecule has 0 aromatic heterocycles. The predicted molar refractivity (Wildman–Crippen MR) is 151 cm³/mol. The smallest absolute Gasteiger partial charge is 0.432 e. The Morgan fingerprint density at radius 3 is 2.40 bits per heavy atom. The van der Waals surface area contributed by atoms with Crippen LogP contribution in [0.15, 0.2) is 101 Å². The van der Waals surface area contributed by atoms with Gasteiger partial charge in [-0.05, 0) is 50.5 Å². The number of hydrogen-bond acceptors (Lipinski definition) is 7. The average molecular weight is 599 g/mol. The summed E-state index contributed by atoms with van der Waals surface area (Å²) in [7, 11) is 0.756. The fraction of sp³-hybridized carbons (Fsp3) is 0.364. The Bertz CT molecular complexity index is 1510. The Morgan fingerprint density at radius 2 is 1.81 bits per heavy atom. The third-order valence-corrected chi connectivity index (χ3v) is 7.80. The number of allylic oxidation sites excluding steroid dienone is 5. The molecule has 0 bridgehead atoms. The maximum atomic E-state index is 14.7. The molecule has 4 rings (SSSR count). The van der Waals surface area contributed by atoms with E-state index in [4.69, 9.17) is 18.9 Å². The van der Waals surface area contributed by atoms with Gasteiger partial charge in [0.25, 0.3) is 5.60 Å². The topological polar surface area (TPSA) is 88.1 Å². The zero-order valence-corrected chi connectivity index (χ0v) is 24.7. The van der Waals surface area contributed by atoms with E-state index in [0.29, 0.717) is 17.3 Å². The van der Waals surface area contributed by atoms with E-state index in [1.165, 1.54) is 44.4 Å². The van der Waals surface area contributed by atoms with Gasteiger partial charge in [0.1, 0.15) is 11.3 Å². The van der Waals surface area contributed by atoms with Crippen molar-refractivity contribution in [2.24, 2.45) is 5.92 Å². The molecule has 0 spiro atoms. The van der Waals surface area contributed by atoms with Crippen LogP contribution in [0.1, 0.15) is 46.6 Å². The van der Waals surface area contributed by atoms with Crippen molar-refractivity contribution in [1.82, 2.24) is 0 Å². The number of carbonyl (C=O) groups is 3. The van der Waals surface area contributed by atoms with Crippen LogP contribution < -0.4 is 0 Å². The van der Waals surface area contributed by atoms with Crippen LogP contribution in [-0.4, -0.2) is 42.7 Å². The highest BCUT2D eigenvalue weighted by Crippen LogP contribution is 2.50. The molecule has 0 saturated carbocycles. The van der Waals surface area contributed by atoms with Gasteiger partial charge in [0.15, 0.2) is 17.5 Å². The fourth-order valence-electron chi connectivity index (χ4n) is 5.34. The molecule has 43 heavy (non-hydrogen) atoms. The van der Waals surface area contributed by atoms with E-state index in [9.17, 15) is 27.6 Å². The normalized spacial score (nSPS) is 24.1. The van der Waals surface area contributed by atoms with Crippen molar-refractivity contribution < 1.29 is 46.5 Å². The van der Waals surface area contributed by atoms with Gasteiger partial charge >= 0.3 is 18.1 Å². The molecule has 4 atom stereocenters. The first-order valence-electron chi connectivity index (χ1n) is 13.7. The van der Waals surface area contributed by atoms with Crippen LogP contribution in [0.5, 0.6) is 0 Å². The molecular weight excluding hydrogens is 565 g/mol. The molecule has 0 saturated heterocycles. The molecule has 0 radical (unpaired) electrons. The minimum Gasteiger partial charge on any atom is -0.465 e. The molecule has 228 valence electrons. The highest BCUT2D eigenvalue weighted by atomic mass is 19.4. The molecule has 0 amide bonds. The summed E-state index contributed by atoms with van der Waals surface area (Å²) in [6, 6.07) is 6.36. The summed E-state index contributed by atoms with van der Waals surface area (Å²) in [5, 5.41) is 0. The number of carbonyl (C=O) groups excluding carboxylic acids is 3. The monoisotopic (exact) mass is 598 g/mol. The van der Waals surface area contributed by atoms with Crippen molar-refractivity contribution in [2.45, 2.75) is 64.5 Å². The SMILES string of the molecule is CC[C@H](C)/C=C(C)/C=C/C1=CC2=CC3=C(C(C)=O)C(=O)O[C@@]3(C)[C@H](OC(=O)[C@](OC)(c3ccccc3)C(F)(F)F)C2=CO1. The van der Waals surface area contributed by atoms with Crippen molar-refractivity contribution in [2.75, 3.05) is 7.11 Å². The van der Waals surface area contributed by atoms with Gasteiger partial charge in [-0.1, -0.05) is 68.3 Å². The first-order valence-corrected chi connectivity index (χ1v) is 13.7. The second kappa shape index (κ2) is 11.8. The second-order valence-electron chi connectivity index (χ2n) is 10.8. The van der Waals surface area contributed by atoms with Crippen LogP contribution in [0.3, 0.4) is 0 Å². The largest absolute Gasteiger partial charge is 0.465 e. The van der Waals surface area contributed by atoms with Gasteiger partial charge in [0.2, 0.25) is 0 Å². The summed E-state index contributed by atoms with van der Waals surface area (Å²) in [6.07, 6.45) is 4.13. The van der Waals surface area contributed by atoms with Crippen molar-refractivity contribution >= 4 is 17.7 Å². The standard InChI is InChI=1S/C33H33F3O7/c1-7-19(2)15-20(3)13-14-24-16-22-17-26-27(21(4)37)29(38)43-31(26,5)28(25(22)18-41-24)42-30(39)32(40-6,33(34,35)36)23-11-9-8-10-12-23/h8-19,28H,7H2,1-6H3/b14-13+,20-15+/t19-,28+,31+,32+/m0/s1. The van der Waals surface area contributed by atoms with E-state index in [2.05, 4.69) is 19.9 Å². The number of halogens is 3. The van der Waals surface area contributed by atoms with Crippen molar-refractivity contribution in [1.29, 1.82) is 0 Å². The van der Waals surface area contributed by atoms with E-state index in [-0.39, 0.29) is 16.7 Å². The van der Waals surface area contributed by atoms with E-state index < -0.39 is 46.8 Å². The number of ketones is 1. The molecule has 10 heteroatoms. The third-order valence-electron chi connectivity index (χ3n) is 7.80. The van der Waals surface area contributed by atoms with Crippen LogP contribution in [0.25, 0.3) is 0 Å². The first kappa shape index (κ1) is 31.7. The minimum atomic E-state index is -5.24. The van der Waals surface area contributed by atoms with Crippen LogP contribution in [-0.2, 0) is 38.9 Å². The van der Waals surface area contributed by atoms with Crippen LogP contribution in [0, 0.1) is 5.92 Å². The zero-order valence-electron chi connectivity index (χ0n) is 24.7. The highest BCUT2D eigenvalue weighted by Gasteiger charge is 2.66. The quantitative estimate of drug-likeness (QED) is 0.182. The average Bonchev–Trinajstić information content (AvgIpc) is 3.21. The van der Waals surface area contributed by atoms with Gasteiger partial charge in [-0.25, -0.2) is 9.59 Å². The Balaban J connectivity index is 1.82. The fourth-order valence-corrected chi connectivity index (χ4v) is 5.34. The first-order chi connectivity index (χ1) is 20.2. The summed E-state index contributed by atoms with van der Waals surface area (Å²) in [5.41, 5.74) is -4.53. The maximum absolute atomic E-state index is 14.7. The van der Waals surface area contributed by atoms with Gasteiger partial charge in [-0.15, -0.1) is 0 Å². The van der Waals surface area contributed by atoms with Crippen LogP contribution >= 0.6 is 0 Å². The van der Waals surface area contributed by atoms with Gasteiger partial charge in [0, 0.05) is 23.8 Å². The Kier molecular flexibility index (Phi) is 8.74.